The van der Waals surface area contributed by atoms with Crippen LogP contribution in [0.3, 0.4) is 0 Å². The van der Waals surface area contributed by atoms with Crippen molar-refractivity contribution in [3.63, 3.8) is 0 Å². The second kappa shape index (κ2) is 10.9. The number of ether oxygens (including phenoxy) is 2. The van der Waals surface area contributed by atoms with Crippen molar-refractivity contribution >= 4 is 5.91 Å². The third kappa shape index (κ3) is 6.01. The van der Waals surface area contributed by atoms with Crippen LogP contribution in [0.1, 0.15) is 57.2 Å². The molecule has 0 spiro atoms. The van der Waals surface area contributed by atoms with Crippen LogP contribution in [0.2, 0.25) is 0 Å². The predicted octanol–water partition coefficient (Wildman–Crippen LogP) is 5.71. The SMILES string of the molecule is Cc1ccc(CN(Cc2ccc3c(c2)OCO3)Cc2nc(C(=O)NC(C)c3ccccc3)co2)c(C)c1. The van der Waals surface area contributed by atoms with Crippen LogP contribution in [0, 0.1) is 13.8 Å². The summed E-state index contributed by atoms with van der Waals surface area (Å²) in [6.07, 6.45) is 1.43. The largest absolute Gasteiger partial charge is 0.454 e. The van der Waals surface area contributed by atoms with Gasteiger partial charge in [-0.15, -0.1) is 0 Å². The zero-order valence-electron chi connectivity index (χ0n) is 21.4. The molecule has 0 bridgehead atoms. The average molecular weight is 498 g/mol. The Kier molecular flexibility index (Phi) is 7.23. The summed E-state index contributed by atoms with van der Waals surface area (Å²) in [6.45, 7) is 8.22. The third-order valence-electron chi connectivity index (χ3n) is 6.53. The first-order valence-corrected chi connectivity index (χ1v) is 12.4. The third-order valence-corrected chi connectivity index (χ3v) is 6.53. The summed E-state index contributed by atoms with van der Waals surface area (Å²) < 4.78 is 16.8. The first-order valence-electron chi connectivity index (χ1n) is 12.4. The monoisotopic (exact) mass is 497 g/mol. The molecule has 1 N–H and O–H groups in total. The van der Waals surface area contributed by atoms with Gasteiger partial charge in [-0.25, -0.2) is 4.98 Å². The van der Waals surface area contributed by atoms with Crippen molar-refractivity contribution < 1.29 is 18.7 Å². The maximum absolute atomic E-state index is 12.8. The van der Waals surface area contributed by atoms with Gasteiger partial charge >= 0.3 is 0 Å². The molecule has 7 heteroatoms. The summed E-state index contributed by atoms with van der Waals surface area (Å²) in [5, 5.41) is 2.99. The second-order valence-electron chi connectivity index (χ2n) is 9.50. The second-order valence-corrected chi connectivity index (χ2v) is 9.50. The van der Waals surface area contributed by atoms with Crippen molar-refractivity contribution in [2.75, 3.05) is 6.79 Å². The molecular weight excluding hydrogens is 466 g/mol. The van der Waals surface area contributed by atoms with Gasteiger partial charge in [0, 0.05) is 13.1 Å². The molecular formula is C30H31N3O4. The number of amides is 1. The number of fused-ring (bicyclic) bond motifs is 1. The fraction of sp³-hybridized carbons (Fsp3) is 0.267. The maximum atomic E-state index is 12.8. The van der Waals surface area contributed by atoms with Gasteiger partial charge < -0.3 is 19.2 Å². The molecule has 1 aromatic heterocycles. The van der Waals surface area contributed by atoms with Crippen LogP contribution in [0.15, 0.2) is 77.4 Å². The lowest BCUT2D eigenvalue weighted by molar-refractivity contribution is 0.0934. The number of aryl methyl sites for hydroxylation is 2. The van der Waals surface area contributed by atoms with Crippen molar-refractivity contribution in [2.24, 2.45) is 0 Å². The summed E-state index contributed by atoms with van der Waals surface area (Å²) in [5.41, 5.74) is 6.09. The van der Waals surface area contributed by atoms with Gasteiger partial charge in [-0.3, -0.25) is 9.69 Å². The fourth-order valence-electron chi connectivity index (χ4n) is 4.50. The Morgan fingerprint density at radius 1 is 0.973 bits per heavy atom. The van der Waals surface area contributed by atoms with E-state index in [2.05, 4.69) is 47.2 Å². The van der Waals surface area contributed by atoms with Gasteiger partial charge in [0.25, 0.3) is 5.91 Å². The number of nitrogens with zero attached hydrogens (tertiary/aromatic N) is 2. The molecule has 1 aliphatic rings. The van der Waals surface area contributed by atoms with Crippen LogP contribution in [0.25, 0.3) is 0 Å². The first kappa shape index (κ1) is 24.6. The molecule has 3 aromatic carbocycles. The van der Waals surface area contributed by atoms with E-state index in [1.165, 1.54) is 23.0 Å². The lowest BCUT2D eigenvalue weighted by atomic mass is 10.0. The normalized spacial score (nSPS) is 13.1. The Morgan fingerprint density at radius 3 is 2.59 bits per heavy atom. The van der Waals surface area contributed by atoms with Crippen LogP contribution in [-0.4, -0.2) is 22.6 Å². The number of rotatable bonds is 9. The van der Waals surface area contributed by atoms with Crippen molar-refractivity contribution in [3.05, 3.63) is 112 Å². The molecule has 0 radical (unpaired) electrons. The molecule has 1 atom stereocenters. The van der Waals surface area contributed by atoms with E-state index in [0.29, 0.717) is 25.5 Å². The fourth-order valence-corrected chi connectivity index (χ4v) is 4.50. The highest BCUT2D eigenvalue weighted by atomic mass is 16.7. The zero-order chi connectivity index (χ0) is 25.8. The Labute approximate surface area is 217 Å². The predicted molar refractivity (Wildman–Crippen MR) is 140 cm³/mol. The number of hydrogen-bond acceptors (Lipinski definition) is 6. The van der Waals surface area contributed by atoms with Crippen molar-refractivity contribution in [3.8, 4) is 11.5 Å². The Hall–Kier alpha value is -4.10. The Morgan fingerprint density at radius 2 is 1.78 bits per heavy atom. The minimum Gasteiger partial charge on any atom is -0.454 e. The number of aromatic nitrogens is 1. The lowest BCUT2D eigenvalue weighted by Crippen LogP contribution is -2.27. The van der Waals surface area contributed by atoms with E-state index >= 15 is 0 Å². The van der Waals surface area contributed by atoms with Crippen LogP contribution in [0.5, 0.6) is 11.5 Å². The maximum Gasteiger partial charge on any atom is 0.273 e. The van der Waals surface area contributed by atoms with Crippen molar-refractivity contribution in [1.29, 1.82) is 0 Å². The van der Waals surface area contributed by atoms with E-state index in [9.17, 15) is 4.79 Å². The van der Waals surface area contributed by atoms with E-state index in [4.69, 9.17) is 13.9 Å². The van der Waals surface area contributed by atoms with E-state index < -0.39 is 0 Å². The molecule has 1 amide bonds. The number of carbonyl (C=O) groups excluding carboxylic acids is 1. The van der Waals surface area contributed by atoms with Crippen LogP contribution < -0.4 is 14.8 Å². The van der Waals surface area contributed by atoms with E-state index in [-0.39, 0.29) is 24.4 Å². The minimum absolute atomic E-state index is 0.138. The van der Waals surface area contributed by atoms with Gasteiger partial charge in [0.1, 0.15) is 6.26 Å². The van der Waals surface area contributed by atoms with Crippen molar-refractivity contribution in [1.82, 2.24) is 15.2 Å². The summed E-state index contributed by atoms with van der Waals surface area (Å²) in [5.74, 6) is 1.75. The van der Waals surface area contributed by atoms with E-state index in [1.807, 2.05) is 55.5 Å². The molecule has 4 aromatic rings. The van der Waals surface area contributed by atoms with Gasteiger partial charge in [0.2, 0.25) is 12.7 Å². The van der Waals surface area contributed by atoms with Crippen LogP contribution in [-0.2, 0) is 19.6 Å². The van der Waals surface area contributed by atoms with Gasteiger partial charge in [-0.1, -0.05) is 60.2 Å². The number of benzene rings is 3. The molecule has 5 rings (SSSR count). The number of nitrogens with one attached hydrogen (secondary N) is 1. The highest BCUT2D eigenvalue weighted by molar-refractivity contribution is 5.92. The molecule has 0 saturated heterocycles. The summed E-state index contributed by atoms with van der Waals surface area (Å²) in [4.78, 5) is 19.6. The molecule has 190 valence electrons. The van der Waals surface area contributed by atoms with Crippen LogP contribution in [0.4, 0.5) is 0 Å². The highest BCUT2D eigenvalue weighted by Gasteiger charge is 2.19. The zero-order valence-corrected chi connectivity index (χ0v) is 21.4. The molecule has 2 heterocycles. The molecule has 7 nitrogen and oxygen atoms in total. The van der Waals surface area contributed by atoms with Gasteiger partial charge in [0.15, 0.2) is 17.2 Å². The van der Waals surface area contributed by atoms with Gasteiger partial charge in [0.05, 0.1) is 12.6 Å². The molecule has 0 aliphatic carbocycles. The summed E-state index contributed by atoms with van der Waals surface area (Å²) >= 11 is 0. The van der Waals surface area contributed by atoms with Gasteiger partial charge in [-0.05, 0) is 55.2 Å². The lowest BCUT2D eigenvalue weighted by Gasteiger charge is -2.22. The van der Waals surface area contributed by atoms with E-state index in [0.717, 1.165) is 22.6 Å². The summed E-state index contributed by atoms with van der Waals surface area (Å²) in [7, 11) is 0. The number of hydrogen-bond donors (Lipinski definition) is 1. The topological polar surface area (TPSA) is 76.8 Å². The molecule has 1 aliphatic heterocycles. The molecule has 1 unspecified atom stereocenters. The molecule has 0 saturated carbocycles. The quantitative estimate of drug-likeness (QED) is 0.319. The van der Waals surface area contributed by atoms with Crippen molar-refractivity contribution in [2.45, 2.75) is 46.4 Å². The van der Waals surface area contributed by atoms with Gasteiger partial charge in [-0.2, -0.15) is 0 Å². The Bertz CT molecular complexity index is 1380. The molecule has 0 fully saturated rings. The Balaban J connectivity index is 1.31. The number of carbonyl (C=O) groups is 1. The first-order chi connectivity index (χ1) is 17.9. The van der Waals surface area contributed by atoms with Crippen LogP contribution >= 0.6 is 0 Å². The minimum atomic E-state index is -0.261. The highest BCUT2D eigenvalue weighted by Crippen LogP contribution is 2.33. The molecule has 37 heavy (non-hydrogen) atoms. The summed E-state index contributed by atoms with van der Waals surface area (Å²) in [6, 6.07) is 22.2. The standard InChI is InChI=1S/C30H31N3O4/c1-20-9-11-25(21(2)13-20)16-33(15-23-10-12-27-28(14-23)37-19-36-27)17-29-32-26(18-35-29)30(34)31-22(3)24-7-5-4-6-8-24/h4-14,18,22H,15-17,19H2,1-3H3,(H,31,34). The average Bonchev–Trinajstić information content (AvgIpc) is 3.55. The van der Waals surface area contributed by atoms with E-state index in [1.54, 1.807) is 0 Å². The smallest absolute Gasteiger partial charge is 0.273 e. The number of oxazole rings is 1.